The molecule has 4 rings (SSSR count). The van der Waals surface area contributed by atoms with Crippen LogP contribution in [-0.2, 0) is 9.53 Å². The summed E-state index contributed by atoms with van der Waals surface area (Å²) in [5, 5.41) is 23.4. The first-order valence-corrected chi connectivity index (χ1v) is 11.3. The lowest BCUT2D eigenvalue weighted by Gasteiger charge is -2.28. The molecule has 1 atom stereocenters. The Balaban J connectivity index is 1.33. The minimum atomic E-state index is -1.08. The third kappa shape index (κ3) is 5.25. The van der Waals surface area contributed by atoms with Crippen molar-refractivity contribution in [1.29, 1.82) is 0 Å². The van der Waals surface area contributed by atoms with Gasteiger partial charge in [-0.2, -0.15) is 10.2 Å². The smallest absolute Gasteiger partial charge is 0.260 e. The van der Waals surface area contributed by atoms with E-state index in [1.54, 1.807) is 18.3 Å². The van der Waals surface area contributed by atoms with Crippen LogP contribution in [0.2, 0.25) is 0 Å². The molecule has 8 nitrogen and oxygen atoms in total. The molecule has 0 bridgehead atoms. The molecule has 168 valence electrons. The number of carbonyl (C=O) groups excluding carboxylic acids is 1. The first-order valence-electron chi connectivity index (χ1n) is 10.5. The lowest BCUT2D eigenvalue weighted by Crippen LogP contribution is -2.25. The average Bonchev–Trinajstić information content (AvgIpc) is 3.24. The number of rotatable bonds is 7. The number of benzene rings is 1. The van der Waals surface area contributed by atoms with Gasteiger partial charge in [0.1, 0.15) is 5.82 Å². The van der Waals surface area contributed by atoms with Gasteiger partial charge in [-0.05, 0) is 50.8 Å². The van der Waals surface area contributed by atoms with Gasteiger partial charge in [-0.1, -0.05) is 29.0 Å². The van der Waals surface area contributed by atoms with Gasteiger partial charge in [0.25, 0.3) is 5.91 Å². The van der Waals surface area contributed by atoms with E-state index >= 15 is 0 Å². The summed E-state index contributed by atoms with van der Waals surface area (Å²) < 4.78 is 19.5. The van der Waals surface area contributed by atoms with E-state index in [-0.39, 0.29) is 11.6 Å². The van der Waals surface area contributed by atoms with E-state index in [1.807, 2.05) is 19.1 Å². The number of nitrogens with zero attached hydrogens (tertiary/aromatic N) is 4. The second kappa shape index (κ2) is 10.1. The number of carbonyl (C=O) groups is 1. The van der Waals surface area contributed by atoms with Gasteiger partial charge in [0.05, 0.1) is 5.69 Å². The molecule has 2 aromatic heterocycles. The number of aromatic nitrogens is 4. The standard InChI is InChI=1S/C22H25FN6O2S/c1-13-5-10-17(23)16(12-13)19(31-2)20(30)26-22-29-28-21(32-22)25-15-8-6-14(7-9-15)18-4-3-11-24-27-18/h3-5,10-12,14-15,19H,6-9H2,1-2H3,(H,25,28)(H,26,29,30)/t14?,15?,19-/m1/s1. The van der Waals surface area contributed by atoms with Crippen LogP contribution in [0.3, 0.4) is 0 Å². The predicted octanol–water partition coefficient (Wildman–Crippen LogP) is 4.24. The largest absolute Gasteiger partial charge is 0.367 e. The van der Waals surface area contributed by atoms with Crippen molar-refractivity contribution in [2.75, 3.05) is 17.7 Å². The summed E-state index contributed by atoms with van der Waals surface area (Å²) in [6.45, 7) is 1.83. The molecule has 0 unspecified atom stereocenters. The number of amides is 1. The Morgan fingerprint density at radius 3 is 2.66 bits per heavy atom. The molecule has 3 aromatic rings. The Labute approximate surface area is 189 Å². The first-order chi connectivity index (χ1) is 15.5. The van der Waals surface area contributed by atoms with Gasteiger partial charge in [-0.3, -0.25) is 10.1 Å². The van der Waals surface area contributed by atoms with E-state index in [9.17, 15) is 9.18 Å². The molecule has 0 aliphatic heterocycles. The third-order valence-electron chi connectivity index (χ3n) is 5.63. The van der Waals surface area contributed by atoms with E-state index in [2.05, 4.69) is 31.0 Å². The number of ether oxygens (including phenoxy) is 1. The molecular formula is C22H25FN6O2S. The normalized spacial score (nSPS) is 19.3. The number of anilines is 2. The molecule has 0 saturated heterocycles. The molecular weight excluding hydrogens is 431 g/mol. The highest BCUT2D eigenvalue weighted by Crippen LogP contribution is 2.33. The molecule has 2 N–H and O–H groups in total. The molecule has 0 spiro atoms. The van der Waals surface area contributed by atoms with Crippen molar-refractivity contribution in [2.45, 2.75) is 50.7 Å². The van der Waals surface area contributed by atoms with Gasteiger partial charge < -0.3 is 10.1 Å². The highest BCUT2D eigenvalue weighted by atomic mass is 32.1. The van der Waals surface area contributed by atoms with E-state index in [0.29, 0.717) is 16.2 Å². The van der Waals surface area contributed by atoms with Crippen LogP contribution >= 0.6 is 11.3 Å². The summed E-state index contributed by atoms with van der Waals surface area (Å²) in [5.74, 6) is -0.558. The van der Waals surface area contributed by atoms with Crippen LogP contribution < -0.4 is 10.6 Å². The topological polar surface area (TPSA) is 102 Å². The Bertz CT molecular complexity index is 1060. The Kier molecular flexibility index (Phi) is 7.01. The van der Waals surface area contributed by atoms with Crippen molar-refractivity contribution in [3.05, 3.63) is 59.2 Å². The molecule has 1 fully saturated rings. The predicted molar refractivity (Wildman–Crippen MR) is 120 cm³/mol. The summed E-state index contributed by atoms with van der Waals surface area (Å²) in [6, 6.07) is 8.82. The van der Waals surface area contributed by atoms with Gasteiger partial charge in [-0.25, -0.2) is 4.39 Å². The van der Waals surface area contributed by atoms with Crippen LogP contribution in [0.25, 0.3) is 0 Å². The van der Waals surface area contributed by atoms with Crippen LogP contribution in [0.1, 0.15) is 54.5 Å². The molecule has 1 aliphatic rings. The van der Waals surface area contributed by atoms with E-state index in [4.69, 9.17) is 4.74 Å². The van der Waals surface area contributed by atoms with E-state index in [0.717, 1.165) is 36.9 Å². The summed E-state index contributed by atoms with van der Waals surface area (Å²) in [5.41, 5.74) is 2.07. The fourth-order valence-corrected chi connectivity index (χ4v) is 4.71. The van der Waals surface area contributed by atoms with Crippen molar-refractivity contribution in [2.24, 2.45) is 0 Å². The first kappa shape index (κ1) is 22.2. The number of methoxy groups -OCH3 is 1. The highest BCUT2D eigenvalue weighted by molar-refractivity contribution is 7.19. The number of hydrogen-bond donors (Lipinski definition) is 2. The highest BCUT2D eigenvalue weighted by Gasteiger charge is 2.26. The number of halogens is 1. The second-order valence-electron chi connectivity index (χ2n) is 7.88. The molecule has 1 amide bonds. The van der Waals surface area contributed by atoms with Crippen molar-refractivity contribution < 1.29 is 13.9 Å². The number of nitrogens with one attached hydrogen (secondary N) is 2. The average molecular weight is 457 g/mol. The molecule has 0 radical (unpaired) electrons. The number of aryl methyl sites for hydroxylation is 1. The summed E-state index contributed by atoms with van der Waals surface area (Å²) >= 11 is 1.25. The van der Waals surface area contributed by atoms with Gasteiger partial charge in [0, 0.05) is 30.8 Å². The lowest BCUT2D eigenvalue weighted by atomic mass is 9.84. The monoisotopic (exact) mass is 456 g/mol. The summed E-state index contributed by atoms with van der Waals surface area (Å²) in [7, 11) is 1.37. The van der Waals surface area contributed by atoms with Crippen molar-refractivity contribution in [3.63, 3.8) is 0 Å². The van der Waals surface area contributed by atoms with Crippen LogP contribution in [0.15, 0.2) is 36.5 Å². The molecule has 1 aromatic carbocycles. The number of hydrogen-bond acceptors (Lipinski definition) is 8. The SMILES string of the molecule is CO[C@@H](C(=O)Nc1nnc(NC2CCC(c3cccnn3)CC2)s1)c1cc(C)ccc1F. The lowest BCUT2D eigenvalue weighted by molar-refractivity contribution is -0.126. The maximum absolute atomic E-state index is 14.2. The Morgan fingerprint density at radius 1 is 1.16 bits per heavy atom. The Hall–Kier alpha value is -2.98. The minimum Gasteiger partial charge on any atom is -0.367 e. The van der Waals surface area contributed by atoms with Gasteiger partial charge >= 0.3 is 0 Å². The Morgan fingerprint density at radius 2 is 1.94 bits per heavy atom. The third-order valence-corrected chi connectivity index (χ3v) is 6.40. The summed E-state index contributed by atoms with van der Waals surface area (Å²) in [4.78, 5) is 12.7. The van der Waals surface area contributed by atoms with Gasteiger partial charge in [-0.15, -0.1) is 10.2 Å². The molecule has 2 heterocycles. The zero-order valence-electron chi connectivity index (χ0n) is 17.9. The quantitative estimate of drug-likeness (QED) is 0.548. The zero-order valence-corrected chi connectivity index (χ0v) is 18.7. The van der Waals surface area contributed by atoms with E-state index < -0.39 is 17.8 Å². The second-order valence-corrected chi connectivity index (χ2v) is 8.86. The van der Waals surface area contributed by atoms with Crippen molar-refractivity contribution in [1.82, 2.24) is 20.4 Å². The fraction of sp³-hybridized carbons (Fsp3) is 0.409. The van der Waals surface area contributed by atoms with Gasteiger partial charge in [0.15, 0.2) is 6.10 Å². The van der Waals surface area contributed by atoms with Crippen molar-refractivity contribution in [3.8, 4) is 0 Å². The van der Waals surface area contributed by atoms with E-state index in [1.165, 1.54) is 24.5 Å². The minimum absolute atomic E-state index is 0.188. The van der Waals surface area contributed by atoms with Gasteiger partial charge in [0.2, 0.25) is 10.3 Å². The van der Waals surface area contributed by atoms with Crippen LogP contribution in [0.4, 0.5) is 14.7 Å². The fourth-order valence-electron chi connectivity index (χ4n) is 3.98. The summed E-state index contributed by atoms with van der Waals surface area (Å²) in [6.07, 6.45) is 4.63. The van der Waals surface area contributed by atoms with Crippen LogP contribution in [0, 0.1) is 12.7 Å². The van der Waals surface area contributed by atoms with Crippen molar-refractivity contribution >= 4 is 27.5 Å². The molecule has 10 heteroatoms. The molecule has 1 aliphatic carbocycles. The maximum atomic E-state index is 14.2. The maximum Gasteiger partial charge on any atom is 0.260 e. The van der Waals surface area contributed by atoms with Crippen LogP contribution in [-0.4, -0.2) is 39.5 Å². The molecule has 1 saturated carbocycles. The zero-order chi connectivity index (χ0) is 22.5. The van der Waals surface area contributed by atoms with Crippen LogP contribution in [0.5, 0.6) is 0 Å². The molecule has 32 heavy (non-hydrogen) atoms.